The van der Waals surface area contributed by atoms with Gasteiger partial charge >= 0.3 is 0 Å². The Bertz CT molecular complexity index is 336. The van der Waals surface area contributed by atoms with E-state index in [-0.39, 0.29) is 16.7 Å². The molecule has 2 atom stereocenters. The van der Waals surface area contributed by atoms with E-state index in [0.717, 1.165) is 25.7 Å². The molecule has 0 aromatic heterocycles. The van der Waals surface area contributed by atoms with E-state index in [0.29, 0.717) is 0 Å². The molecule has 5 heteroatoms. The molecule has 2 saturated heterocycles. The maximum Gasteiger partial charge on any atom is 0.224 e. The third-order valence-electron chi connectivity index (χ3n) is 3.06. The summed E-state index contributed by atoms with van der Waals surface area (Å²) in [5, 5.41) is 0. The van der Waals surface area contributed by atoms with Gasteiger partial charge in [-0.1, -0.05) is 28.1 Å². The zero-order chi connectivity index (χ0) is 10.3. The molecule has 2 bridgehead atoms. The molecule has 0 aromatic carbocycles. The minimum absolute atomic E-state index is 0.0411. The summed E-state index contributed by atoms with van der Waals surface area (Å²) < 4.78 is 25.3. The molecule has 2 fully saturated rings. The van der Waals surface area contributed by atoms with Crippen LogP contribution in [-0.2, 0) is 10.0 Å². The Morgan fingerprint density at radius 2 is 1.86 bits per heavy atom. The Kier molecular flexibility index (Phi) is 2.74. The average molecular weight is 280 g/mol. The second kappa shape index (κ2) is 3.61. The van der Waals surface area contributed by atoms with Crippen LogP contribution in [0.4, 0.5) is 0 Å². The lowest BCUT2D eigenvalue weighted by Crippen LogP contribution is -2.44. The fraction of sp³-hybridized carbons (Fsp3) is 0.778. The summed E-state index contributed by atoms with van der Waals surface area (Å²) in [4.78, 5) is 0. The van der Waals surface area contributed by atoms with Gasteiger partial charge in [0.2, 0.25) is 10.0 Å². The Hall–Kier alpha value is 0.130. The quantitative estimate of drug-likeness (QED) is 0.572. The SMILES string of the molecule is C=C1C[C@H]2CC[C@@H](C1)N2S(=O)(=O)CBr. The summed E-state index contributed by atoms with van der Waals surface area (Å²) in [6, 6.07) is 0.368. The van der Waals surface area contributed by atoms with Gasteiger partial charge in [-0.25, -0.2) is 8.42 Å². The van der Waals surface area contributed by atoms with Crippen LogP contribution in [0.5, 0.6) is 0 Å². The van der Waals surface area contributed by atoms with E-state index >= 15 is 0 Å². The molecule has 0 N–H and O–H groups in total. The van der Waals surface area contributed by atoms with E-state index in [1.54, 1.807) is 4.31 Å². The third-order valence-corrected chi connectivity index (χ3v) is 6.31. The summed E-state index contributed by atoms with van der Waals surface area (Å²) in [6.07, 6.45) is 3.69. The van der Waals surface area contributed by atoms with Gasteiger partial charge < -0.3 is 0 Å². The normalized spacial score (nSPS) is 33.6. The highest BCUT2D eigenvalue weighted by Crippen LogP contribution is 2.39. The first-order valence-corrected chi connectivity index (χ1v) is 7.51. The number of nitrogens with zero attached hydrogens (tertiary/aromatic N) is 1. The highest BCUT2D eigenvalue weighted by Gasteiger charge is 2.44. The van der Waals surface area contributed by atoms with Crippen LogP contribution in [-0.4, -0.2) is 29.5 Å². The van der Waals surface area contributed by atoms with Crippen molar-refractivity contribution < 1.29 is 8.42 Å². The molecule has 0 saturated carbocycles. The predicted octanol–water partition coefficient (Wildman–Crippen LogP) is 1.85. The number of sulfonamides is 1. The average Bonchev–Trinajstić information content (AvgIpc) is 2.40. The summed E-state index contributed by atoms with van der Waals surface area (Å²) in [6.45, 7) is 3.96. The maximum absolute atomic E-state index is 11.8. The molecule has 0 aromatic rings. The molecule has 0 amide bonds. The van der Waals surface area contributed by atoms with Crippen molar-refractivity contribution in [2.75, 3.05) is 4.66 Å². The van der Waals surface area contributed by atoms with Gasteiger partial charge in [0.1, 0.15) is 4.66 Å². The molecule has 80 valence electrons. The second-order valence-electron chi connectivity index (χ2n) is 4.09. The Balaban J connectivity index is 2.27. The fourth-order valence-electron chi connectivity index (χ4n) is 2.58. The molecule has 2 rings (SSSR count). The van der Waals surface area contributed by atoms with Gasteiger partial charge in [0.05, 0.1) is 0 Å². The topological polar surface area (TPSA) is 37.4 Å². The predicted molar refractivity (Wildman–Crippen MR) is 59.7 cm³/mol. The van der Waals surface area contributed by atoms with E-state index in [4.69, 9.17) is 0 Å². The number of hydrogen-bond acceptors (Lipinski definition) is 2. The van der Waals surface area contributed by atoms with Crippen LogP contribution >= 0.6 is 15.9 Å². The van der Waals surface area contributed by atoms with Crippen LogP contribution in [0.2, 0.25) is 0 Å². The van der Waals surface area contributed by atoms with Crippen molar-refractivity contribution in [2.24, 2.45) is 0 Å². The first-order valence-electron chi connectivity index (χ1n) is 4.78. The zero-order valence-corrected chi connectivity index (χ0v) is 10.3. The van der Waals surface area contributed by atoms with E-state index in [9.17, 15) is 8.42 Å². The second-order valence-corrected chi connectivity index (χ2v) is 7.27. The first-order chi connectivity index (χ1) is 6.54. The molecule has 3 nitrogen and oxygen atoms in total. The van der Waals surface area contributed by atoms with Gasteiger partial charge in [-0.05, 0) is 25.7 Å². The Labute approximate surface area is 93.3 Å². The van der Waals surface area contributed by atoms with Crippen molar-refractivity contribution in [1.82, 2.24) is 4.31 Å². The number of rotatable bonds is 2. The van der Waals surface area contributed by atoms with E-state index < -0.39 is 10.0 Å². The van der Waals surface area contributed by atoms with Crippen LogP contribution in [0.15, 0.2) is 12.2 Å². The number of alkyl halides is 1. The lowest BCUT2D eigenvalue weighted by Gasteiger charge is -2.34. The summed E-state index contributed by atoms with van der Waals surface area (Å²) in [5.41, 5.74) is 1.21. The molecular formula is C9H14BrNO2S. The summed E-state index contributed by atoms with van der Waals surface area (Å²) in [5.74, 6) is 0. The van der Waals surface area contributed by atoms with Crippen LogP contribution < -0.4 is 0 Å². The Morgan fingerprint density at radius 3 is 2.29 bits per heavy atom. The van der Waals surface area contributed by atoms with Gasteiger partial charge in [0, 0.05) is 12.1 Å². The third kappa shape index (κ3) is 1.66. The Morgan fingerprint density at radius 1 is 1.36 bits per heavy atom. The molecule has 2 heterocycles. The van der Waals surface area contributed by atoms with Crippen LogP contribution in [0.25, 0.3) is 0 Å². The van der Waals surface area contributed by atoms with E-state index in [2.05, 4.69) is 22.5 Å². The lowest BCUT2D eigenvalue weighted by molar-refractivity contribution is 0.287. The summed E-state index contributed by atoms with van der Waals surface area (Å²) >= 11 is 3.05. The molecule has 2 aliphatic heterocycles. The zero-order valence-electron chi connectivity index (χ0n) is 7.95. The molecule has 0 aliphatic carbocycles. The van der Waals surface area contributed by atoms with Gasteiger partial charge in [-0.2, -0.15) is 4.31 Å². The maximum atomic E-state index is 11.8. The minimum Gasteiger partial charge on any atom is -0.211 e. The van der Waals surface area contributed by atoms with Gasteiger partial charge in [-0.3, -0.25) is 0 Å². The molecular weight excluding hydrogens is 266 g/mol. The molecule has 0 radical (unpaired) electrons. The number of fused-ring (bicyclic) bond motifs is 2. The minimum atomic E-state index is -3.07. The van der Waals surface area contributed by atoms with Crippen molar-refractivity contribution in [3.63, 3.8) is 0 Å². The number of halogens is 1. The standard InChI is InChI=1S/C9H14BrNO2S/c1-7-4-8-2-3-9(5-7)11(8)14(12,13)6-10/h8-9H,1-6H2/t8-,9+. The molecule has 0 spiro atoms. The van der Waals surface area contributed by atoms with Crippen LogP contribution in [0.1, 0.15) is 25.7 Å². The summed E-state index contributed by atoms with van der Waals surface area (Å²) in [7, 11) is -3.07. The van der Waals surface area contributed by atoms with Gasteiger partial charge in [0.15, 0.2) is 0 Å². The van der Waals surface area contributed by atoms with E-state index in [1.165, 1.54) is 5.57 Å². The first kappa shape index (κ1) is 10.6. The van der Waals surface area contributed by atoms with Crippen molar-refractivity contribution in [3.8, 4) is 0 Å². The van der Waals surface area contributed by atoms with Crippen molar-refractivity contribution in [1.29, 1.82) is 0 Å². The monoisotopic (exact) mass is 279 g/mol. The van der Waals surface area contributed by atoms with Gasteiger partial charge in [0.25, 0.3) is 0 Å². The molecule has 2 aliphatic rings. The van der Waals surface area contributed by atoms with E-state index in [1.807, 2.05) is 0 Å². The largest absolute Gasteiger partial charge is 0.224 e. The highest BCUT2D eigenvalue weighted by molar-refractivity contribution is 9.10. The number of hydrogen-bond donors (Lipinski definition) is 0. The van der Waals surface area contributed by atoms with Crippen molar-refractivity contribution >= 4 is 26.0 Å². The molecule has 0 unspecified atom stereocenters. The number of piperidine rings is 1. The van der Waals surface area contributed by atoms with Crippen molar-refractivity contribution in [3.05, 3.63) is 12.2 Å². The smallest absolute Gasteiger partial charge is 0.211 e. The van der Waals surface area contributed by atoms with Crippen molar-refractivity contribution in [2.45, 2.75) is 37.8 Å². The van der Waals surface area contributed by atoms with Gasteiger partial charge in [-0.15, -0.1) is 0 Å². The van der Waals surface area contributed by atoms with Crippen LogP contribution in [0.3, 0.4) is 0 Å². The molecule has 14 heavy (non-hydrogen) atoms. The van der Waals surface area contributed by atoms with Crippen LogP contribution in [0, 0.1) is 0 Å². The highest BCUT2D eigenvalue weighted by atomic mass is 79.9. The lowest BCUT2D eigenvalue weighted by atomic mass is 10.0. The fourth-order valence-corrected chi connectivity index (χ4v) is 4.67.